The summed E-state index contributed by atoms with van der Waals surface area (Å²) in [6.45, 7) is 1.95. The highest BCUT2D eigenvalue weighted by Crippen LogP contribution is 2.23. The van der Waals surface area contributed by atoms with Gasteiger partial charge >= 0.3 is 0 Å². The van der Waals surface area contributed by atoms with Crippen molar-refractivity contribution in [3.8, 4) is 0 Å². The van der Waals surface area contributed by atoms with Gasteiger partial charge in [-0.2, -0.15) is 0 Å². The summed E-state index contributed by atoms with van der Waals surface area (Å²) in [5.41, 5.74) is 3.16. The predicted octanol–water partition coefficient (Wildman–Crippen LogP) is 3.96. The number of carbonyl (C=O) groups excluding carboxylic acids is 1. The number of aryl methyl sites for hydroxylation is 1. The van der Waals surface area contributed by atoms with Crippen LogP contribution in [0.3, 0.4) is 0 Å². The summed E-state index contributed by atoms with van der Waals surface area (Å²) in [6.07, 6.45) is 0.469. The van der Waals surface area contributed by atoms with E-state index in [0.717, 1.165) is 22.0 Å². The quantitative estimate of drug-likeness (QED) is 0.300. The Morgan fingerprint density at radius 1 is 1.19 bits per heavy atom. The molecule has 0 aliphatic heterocycles. The molecule has 4 rings (SSSR count). The van der Waals surface area contributed by atoms with Gasteiger partial charge in [0, 0.05) is 23.2 Å². The Hall–Kier alpha value is -3.24. The molecule has 7 nitrogen and oxygen atoms in total. The van der Waals surface area contributed by atoms with Gasteiger partial charge < -0.3 is 11.2 Å². The lowest BCUT2D eigenvalue weighted by atomic mass is 10.1. The minimum atomic E-state index is -0.300. The van der Waals surface area contributed by atoms with Crippen LogP contribution in [0.25, 0.3) is 0 Å². The van der Waals surface area contributed by atoms with E-state index in [0.29, 0.717) is 22.3 Å². The summed E-state index contributed by atoms with van der Waals surface area (Å²) in [7, 11) is 0. The molecule has 0 fully saturated rings. The maximum absolute atomic E-state index is 13.9. The molecule has 3 N–H and O–H groups in total. The second-order valence-corrected chi connectivity index (χ2v) is 8.98. The number of para-hydroxylation sites is 1. The number of hydrogen-bond donors (Lipinski definition) is 2. The van der Waals surface area contributed by atoms with E-state index in [2.05, 4.69) is 20.5 Å². The standard InChI is InChI=1S/C22H21FN6OS2/c1-14-6-2-5-9-18(14)26-20(30)11-21-25-16(12-31-21)13-32-22-28-27-19(29(22)24)10-15-7-3-4-8-17(15)23/h2-9,12H,10-11,13,24H2,1H3,(H,26,30). The first-order valence-electron chi connectivity index (χ1n) is 9.84. The van der Waals surface area contributed by atoms with Gasteiger partial charge in [-0.05, 0) is 30.2 Å². The molecule has 4 aromatic rings. The number of thiazole rings is 1. The van der Waals surface area contributed by atoms with E-state index in [1.807, 2.05) is 36.6 Å². The molecule has 2 aromatic carbocycles. The van der Waals surface area contributed by atoms with Crippen molar-refractivity contribution in [3.63, 3.8) is 0 Å². The van der Waals surface area contributed by atoms with Gasteiger partial charge in [0.1, 0.15) is 10.8 Å². The number of anilines is 1. The Morgan fingerprint density at radius 3 is 2.78 bits per heavy atom. The van der Waals surface area contributed by atoms with Gasteiger partial charge in [0.2, 0.25) is 11.1 Å². The SMILES string of the molecule is Cc1ccccc1NC(=O)Cc1nc(CSc2nnc(Cc3ccccc3F)n2N)cs1. The topological polar surface area (TPSA) is 98.7 Å². The fourth-order valence-corrected chi connectivity index (χ4v) is 4.68. The molecule has 2 aromatic heterocycles. The minimum Gasteiger partial charge on any atom is -0.336 e. The number of thioether (sulfide) groups is 1. The first kappa shape index (κ1) is 22.0. The van der Waals surface area contributed by atoms with Crippen molar-refractivity contribution < 1.29 is 9.18 Å². The molecule has 32 heavy (non-hydrogen) atoms. The number of halogens is 1. The average Bonchev–Trinajstić information content (AvgIpc) is 3.36. The van der Waals surface area contributed by atoms with Crippen molar-refractivity contribution in [1.29, 1.82) is 0 Å². The molecule has 0 spiro atoms. The second kappa shape index (κ2) is 9.92. The Bertz CT molecular complexity index is 1240. The first-order valence-corrected chi connectivity index (χ1v) is 11.7. The fourth-order valence-electron chi connectivity index (χ4n) is 3.02. The van der Waals surface area contributed by atoms with Crippen LogP contribution in [0.15, 0.2) is 59.1 Å². The summed E-state index contributed by atoms with van der Waals surface area (Å²) in [4.78, 5) is 16.9. The molecule has 1 amide bonds. The maximum Gasteiger partial charge on any atom is 0.231 e. The van der Waals surface area contributed by atoms with Gasteiger partial charge in [0.25, 0.3) is 0 Å². The number of nitrogens with zero attached hydrogens (tertiary/aromatic N) is 4. The van der Waals surface area contributed by atoms with Gasteiger partial charge in [-0.3, -0.25) is 4.79 Å². The number of amides is 1. The zero-order valence-corrected chi connectivity index (χ0v) is 18.9. The van der Waals surface area contributed by atoms with Gasteiger partial charge in [0.05, 0.1) is 12.1 Å². The third-order valence-electron chi connectivity index (χ3n) is 4.72. The summed E-state index contributed by atoms with van der Waals surface area (Å²) in [5.74, 6) is 6.70. The Kier molecular flexibility index (Phi) is 6.81. The predicted molar refractivity (Wildman–Crippen MR) is 125 cm³/mol. The number of benzene rings is 2. The van der Waals surface area contributed by atoms with Gasteiger partial charge in [-0.25, -0.2) is 14.1 Å². The number of nitrogens with one attached hydrogen (secondary N) is 1. The second-order valence-electron chi connectivity index (χ2n) is 7.10. The molecule has 10 heteroatoms. The normalized spacial score (nSPS) is 10.9. The highest BCUT2D eigenvalue weighted by atomic mass is 32.2. The van der Waals surface area contributed by atoms with E-state index in [4.69, 9.17) is 5.84 Å². The summed E-state index contributed by atoms with van der Waals surface area (Å²) in [6, 6.07) is 14.2. The number of hydrogen-bond acceptors (Lipinski definition) is 7. The van der Waals surface area contributed by atoms with E-state index in [-0.39, 0.29) is 24.6 Å². The van der Waals surface area contributed by atoms with Crippen LogP contribution in [0.4, 0.5) is 10.1 Å². The lowest BCUT2D eigenvalue weighted by molar-refractivity contribution is -0.115. The van der Waals surface area contributed by atoms with Crippen molar-refractivity contribution in [2.24, 2.45) is 0 Å². The Labute approximate surface area is 192 Å². The third-order valence-corrected chi connectivity index (χ3v) is 6.60. The van der Waals surface area contributed by atoms with Crippen LogP contribution in [0.1, 0.15) is 27.7 Å². The molecule has 0 atom stereocenters. The highest BCUT2D eigenvalue weighted by Gasteiger charge is 2.14. The van der Waals surface area contributed by atoms with E-state index in [1.165, 1.54) is 33.8 Å². The van der Waals surface area contributed by atoms with E-state index in [9.17, 15) is 9.18 Å². The van der Waals surface area contributed by atoms with Crippen molar-refractivity contribution in [1.82, 2.24) is 19.9 Å². The van der Waals surface area contributed by atoms with Crippen molar-refractivity contribution in [2.45, 2.75) is 30.7 Å². The van der Waals surface area contributed by atoms with Gasteiger partial charge in [-0.1, -0.05) is 48.2 Å². The summed E-state index contributed by atoms with van der Waals surface area (Å²) >= 11 is 2.83. The van der Waals surface area contributed by atoms with Crippen LogP contribution in [-0.2, 0) is 23.4 Å². The molecule has 0 aliphatic rings. The van der Waals surface area contributed by atoms with Crippen LogP contribution in [0.5, 0.6) is 0 Å². The smallest absolute Gasteiger partial charge is 0.231 e. The molecule has 0 saturated carbocycles. The first-order chi connectivity index (χ1) is 15.5. The molecule has 2 heterocycles. The van der Waals surface area contributed by atoms with Crippen molar-refractivity contribution in [3.05, 3.63) is 87.4 Å². The fraction of sp³-hybridized carbons (Fsp3) is 0.182. The number of nitrogens with two attached hydrogens (primary N) is 1. The van der Waals surface area contributed by atoms with Crippen LogP contribution in [0, 0.1) is 12.7 Å². The third kappa shape index (κ3) is 5.32. The number of aromatic nitrogens is 4. The molecule has 0 unspecified atom stereocenters. The molecular weight excluding hydrogens is 447 g/mol. The highest BCUT2D eigenvalue weighted by molar-refractivity contribution is 7.98. The lowest BCUT2D eigenvalue weighted by Crippen LogP contribution is -2.15. The number of nitrogen functional groups attached to an aromatic ring is 1. The number of rotatable bonds is 8. The van der Waals surface area contributed by atoms with Crippen molar-refractivity contribution >= 4 is 34.7 Å². The molecule has 164 valence electrons. The Balaban J connectivity index is 1.32. The average molecular weight is 469 g/mol. The van der Waals surface area contributed by atoms with E-state index in [1.54, 1.807) is 18.2 Å². The van der Waals surface area contributed by atoms with Crippen molar-refractivity contribution in [2.75, 3.05) is 11.2 Å². The minimum absolute atomic E-state index is 0.104. The van der Waals surface area contributed by atoms with Gasteiger partial charge in [-0.15, -0.1) is 21.5 Å². The van der Waals surface area contributed by atoms with E-state index < -0.39 is 0 Å². The van der Waals surface area contributed by atoms with Crippen LogP contribution < -0.4 is 11.2 Å². The zero-order valence-electron chi connectivity index (χ0n) is 17.3. The number of carbonyl (C=O) groups is 1. The maximum atomic E-state index is 13.9. The lowest BCUT2D eigenvalue weighted by Gasteiger charge is -2.06. The summed E-state index contributed by atoms with van der Waals surface area (Å²) < 4.78 is 15.3. The largest absolute Gasteiger partial charge is 0.336 e. The van der Waals surface area contributed by atoms with Crippen LogP contribution in [-0.4, -0.2) is 25.8 Å². The zero-order chi connectivity index (χ0) is 22.5. The monoisotopic (exact) mass is 468 g/mol. The Morgan fingerprint density at radius 2 is 1.97 bits per heavy atom. The summed E-state index contributed by atoms with van der Waals surface area (Å²) in [5, 5.41) is 14.3. The molecule has 0 saturated heterocycles. The molecule has 0 radical (unpaired) electrons. The molecule has 0 bridgehead atoms. The van der Waals surface area contributed by atoms with E-state index >= 15 is 0 Å². The van der Waals surface area contributed by atoms with Crippen LogP contribution in [0.2, 0.25) is 0 Å². The molecular formula is C22H21FN6OS2. The van der Waals surface area contributed by atoms with Crippen LogP contribution >= 0.6 is 23.1 Å². The molecule has 0 aliphatic carbocycles. The van der Waals surface area contributed by atoms with Gasteiger partial charge in [0.15, 0.2) is 5.82 Å².